The van der Waals surface area contributed by atoms with E-state index in [-0.39, 0.29) is 12.3 Å². The van der Waals surface area contributed by atoms with Crippen LogP contribution >= 0.6 is 0 Å². The number of hydrogen-bond donors (Lipinski definition) is 1. The molecule has 28 heavy (non-hydrogen) atoms. The Kier molecular flexibility index (Phi) is 7.08. The average molecular weight is 394 g/mol. The summed E-state index contributed by atoms with van der Waals surface area (Å²) in [5.41, 5.74) is 0.594. The number of benzene rings is 1. The number of aliphatic imine (C=N–C) groups is 1. The Morgan fingerprint density at radius 2 is 2.11 bits per heavy atom. The summed E-state index contributed by atoms with van der Waals surface area (Å²) in [6.07, 6.45) is 5.50. The van der Waals surface area contributed by atoms with Gasteiger partial charge in [0.05, 0.1) is 13.7 Å². The first kappa shape index (κ1) is 20.4. The van der Waals surface area contributed by atoms with Crippen molar-refractivity contribution in [2.75, 3.05) is 39.8 Å². The van der Waals surface area contributed by atoms with E-state index < -0.39 is 6.61 Å². The van der Waals surface area contributed by atoms with Gasteiger partial charge in [-0.15, -0.1) is 0 Å². The predicted molar refractivity (Wildman–Crippen MR) is 105 cm³/mol. The van der Waals surface area contributed by atoms with Gasteiger partial charge in [0, 0.05) is 50.4 Å². The van der Waals surface area contributed by atoms with Gasteiger partial charge in [0.1, 0.15) is 11.5 Å². The summed E-state index contributed by atoms with van der Waals surface area (Å²) in [6, 6.07) is 5.42. The molecule has 2 heterocycles. The van der Waals surface area contributed by atoms with Crippen molar-refractivity contribution in [2.45, 2.75) is 32.5 Å². The molecule has 1 fully saturated rings. The van der Waals surface area contributed by atoms with Gasteiger partial charge in [-0.05, 0) is 25.5 Å². The van der Waals surface area contributed by atoms with E-state index in [9.17, 15) is 8.78 Å². The average Bonchev–Trinajstić information content (AvgIpc) is 3.36. The van der Waals surface area contributed by atoms with Crippen molar-refractivity contribution in [1.29, 1.82) is 0 Å². The zero-order valence-electron chi connectivity index (χ0n) is 16.4. The molecular formula is C20H28F2N4O2. The summed E-state index contributed by atoms with van der Waals surface area (Å²) in [6.45, 7) is 3.98. The molecule has 1 unspecified atom stereocenters. The lowest BCUT2D eigenvalue weighted by molar-refractivity contribution is -0.0505. The second kappa shape index (κ2) is 9.73. The highest BCUT2D eigenvalue weighted by atomic mass is 19.3. The van der Waals surface area contributed by atoms with Crippen LogP contribution in [-0.2, 0) is 6.54 Å². The molecular weight excluding hydrogens is 366 g/mol. The zero-order valence-corrected chi connectivity index (χ0v) is 16.4. The number of nitrogens with zero attached hydrogens (tertiary/aromatic N) is 3. The maximum Gasteiger partial charge on any atom is 0.387 e. The first-order valence-corrected chi connectivity index (χ1v) is 9.64. The fourth-order valence-electron chi connectivity index (χ4n) is 3.61. The fourth-order valence-corrected chi connectivity index (χ4v) is 3.61. The molecule has 1 aromatic carbocycles. The lowest BCUT2D eigenvalue weighted by atomic mass is 10.2. The third kappa shape index (κ3) is 5.13. The van der Waals surface area contributed by atoms with E-state index in [0.29, 0.717) is 17.4 Å². The van der Waals surface area contributed by atoms with Gasteiger partial charge in [-0.3, -0.25) is 4.90 Å². The summed E-state index contributed by atoms with van der Waals surface area (Å²) in [5.74, 6) is 1.37. The van der Waals surface area contributed by atoms with Crippen LogP contribution in [0, 0.1) is 0 Å². The number of halogens is 2. The van der Waals surface area contributed by atoms with Gasteiger partial charge in [0.25, 0.3) is 0 Å². The molecule has 0 amide bonds. The normalized spacial score (nSPS) is 20.2. The maximum absolute atomic E-state index is 12.8. The second-order valence-electron chi connectivity index (χ2n) is 6.84. The molecule has 2 aliphatic heterocycles. The second-order valence-corrected chi connectivity index (χ2v) is 6.84. The van der Waals surface area contributed by atoms with Gasteiger partial charge in [-0.1, -0.05) is 12.2 Å². The number of nitrogens with one attached hydrogen (secondary N) is 1. The van der Waals surface area contributed by atoms with E-state index in [1.165, 1.54) is 13.2 Å². The molecule has 0 bridgehead atoms. The first-order chi connectivity index (χ1) is 13.6. The van der Waals surface area contributed by atoms with E-state index >= 15 is 0 Å². The van der Waals surface area contributed by atoms with Crippen LogP contribution in [0.15, 0.2) is 35.3 Å². The number of alkyl halides is 2. The number of hydrogen-bond acceptors (Lipinski definition) is 4. The Morgan fingerprint density at radius 3 is 2.79 bits per heavy atom. The van der Waals surface area contributed by atoms with E-state index in [1.54, 1.807) is 12.1 Å². The summed E-state index contributed by atoms with van der Waals surface area (Å²) in [4.78, 5) is 9.38. The SMILES string of the molecule is CCNC(=NCc1ccc(OC)cc1OC(F)F)N1CCC(N2CC=CC2)C1. The van der Waals surface area contributed by atoms with Gasteiger partial charge in [-0.2, -0.15) is 8.78 Å². The fraction of sp³-hybridized carbons (Fsp3) is 0.550. The Hall–Kier alpha value is -2.35. The molecule has 0 aliphatic carbocycles. The van der Waals surface area contributed by atoms with Gasteiger partial charge < -0.3 is 19.7 Å². The van der Waals surface area contributed by atoms with E-state index in [0.717, 1.165) is 45.1 Å². The van der Waals surface area contributed by atoms with Crippen LogP contribution in [0.5, 0.6) is 11.5 Å². The van der Waals surface area contributed by atoms with Gasteiger partial charge in [0.2, 0.25) is 0 Å². The minimum Gasteiger partial charge on any atom is -0.497 e. The van der Waals surface area contributed by atoms with Crippen LogP contribution in [0.25, 0.3) is 0 Å². The molecule has 154 valence electrons. The van der Waals surface area contributed by atoms with Crippen LogP contribution in [0.1, 0.15) is 18.9 Å². The highest BCUT2D eigenvalue weighted by Crippen LogP contribution is 2.27. The van der Waals surface area contributed by atoms with E-state index in [4.69, 9.17) is 4.74 Å². The van der Waals surface area contributed by atoms with Crippen LogP contribution < -0.4 is 14.8 Å². The largest absolute Gasteiger partial charge is 0.497 e. The van der Waals surface area contributed by atoms with Crippen LogP contribution in [0.3, 0.4) is 0 Å². The molecule has 3 rings (SSSR count). The number of guanidine groups is 1. The molecule has 0 aromatic heterocycles. The highest BCUT2D eigenvalue weighted by Gasteiger charge is 2.29. The van der Waals surface area contributed by atoms with Crippen molar-refractivity contribution in [3.05, 3.63) is 35.9 Å². The van der Waals surface area contributed by atoms with Gasteiger partial charge >= 0.3 is 6.61 Å². The molecule has 0 spiro atoms. The Labute approximate surface area is 164 Å². The lowest BCUT2D eigenvalue weighted by Gasteiger charge is -2.25. The van der Waals surface area contributed by atoms with E-state index in [1.807, 2.05) is 6.92 Å². The third-order valence-electron chi connectivity index (χ3n) is 5.05. The van der Waals surface area contributed by atoms with Crippen molar-refractivity contribution < 1.29 is 18.3 Å². The Morgan fingerprint density at radius 1 is 1.32 bits per heavy atom. The molecule has 1 saturated heterocycles. The van der Waals surface area contributed by atoms with Gasteiger partial charge in [0.15, 0.2) is 5.96 Å². The standard InChI is InChI=1S/C20H28F2N4O2/c1-3-23-20(26-11-8-16(14-26)25-9-4-5-10-25)24-13-15-6-7-17(27-2)12-18(15)28-19(21)22/h4-7,12,16,19H,3,8-11,13-14H2,1-2H3,(H,23,24). The number of methoxy groups -OCH3 is 1. The number of rotatable bonds is 7. The molecule has 8 heteroatoms. The topological polar surface area (TPSA) is 49.3 Å². The zero-order chi connectivity index (χ0) is 19.9. The molecule has 0 saturated carbocycles. The summed E-state index contributed by atoms with van der Waals surface area (Å²) >= 11 is 0. The number of likely N-dealkylation sites (tertiary alicyclic amines) is 1. The van der Waals surface area contributed by atoms with Crippen molar-refractivity contribution in [2.24, 2.45) is 4.99 Å². The quantitative estimate of drug-likeness (QED) is 0.438. The molecule has 2 aliphatic rings. The summed E-state index contributed by atoms with van der Waals surface area (Å²) < 4.78 is 35.3. The van der Waals surface area contributed by atoms with Crippen molar-refractivity contribution >= 4 is 5.96 Å². The molecule has 1 N–H and O–H groups in total. The summed E-state index contributed by atoms with van der Waals surface area (Å²) in [7, 11) is 1.49. The van der Waals surface area contributed by atoms with Crippen LogP contribution in [0.2, 0.25) is 0 Å². The highest BCUT2D eigenvalue weighted by molar-refractivity contribution is 5.80. The Bertz CT molecular complexity index is 703. The van der Waals surface area contributed by atoms with Crippen LogP contribution in [-0.4, -0.2) is 68.2 Å². The maximum atomic E-state index is 12.8. The molecule has 1 aromatic rings. The van der Waals surface area contributed by atoms with Crippen molar-refractivity contribution in [3.63, 3.8) is 0 Å². The smallest absolute Gasteiger partial charge is 0.387 e. The van der Waals surface area contributed by atoms with Gasteiger partial charge in [-0.25, -0.2) is 4.99 Å². The first-order valence-electron chi connectivity index (χ1n) is 9.64. The molecule has 6 nitrogen and oxygen atoms in total. The van der Waals surface area contributed by atoms with Crippen molar-refractivity contribution in [1.82, 2.24) is 15.1 Å². The molecule has 1 atom stereocenters. The Balaban J connectivity index is 1.70. The third-order valence-corrected chi connectivity index (χ3v) is 5.05. The van der Waals surface area contributed by atoms with Crippen LogP contribution in [0.4, 0.5) is 8.78 Å². The minimum atomic E-state index is -2.89. The predicted octanol–water partition coefficient (Wildman–Crippen LogP) is 2.71. The lowest BCUT2D eigenvalue weighted by Crippen LogP contribution is -2.42. The van der Waals surface area contributed by atoms with Crippen molar-refractivity contribution in [3.8, 4) is 11.5 Å². The summed E-state index contributed by atoms with van der Waals surface area (Å²) in [5, 5.41) is 3.32. The monoisotopic (exact) mass is 394 g/mol. The minimum absolute atomic E-state index is 0.0939. The number of ether oxygens (including phenoxy) is 2. The van der Waals surface area contributed by atoms with E-state index in [2.05, 4.69) is 37.0 Å². The molecule has 0 radical (unpaired) electrons.